The molecule has 1 aliphatic heterocycles. The van der Waals surface area contributed by atoms with E-state index in [4.69, 9.17) is 14.5 Å². The molecule has 1 rings (SSSR count). The van der Waals surface area contributed by atoms with Crippen molar-refractivity contribution in [1.82, 2.24) is 15.5 Å². The van der Waals surface area contributed by atoms with Crippen LogP contribution in [0.25, 0.3) is 0 Å². The minimum atomic E-state index is -0.365. The third-order valence-corrected chi connectivity index (χ3v) is 4.29. The number of carbonyl (C=O) groups is 1. The van der Waals surface area contributed by atoms with Crippen LogP contribution in [-0.2, 0) is 9.47 Å². The number of aliphatic imine (C=N–C) groups is 1. The summed E-state index contributed by atoms with van der Waals surface area (Å²) in [6.07, 6.45) is 2.91. The fraction of sp³-hybridized carbons (Fsp3) is 0.895. The molecule has 0 aromatic carbocycles. The van der Waals surface area contributed by atoms with E-state index in [1.165, 1.54) is 0 Å². The first kappa shape index (κ1) is 22.5. The topological polar surface area (TPSA) is 75.2 Å². The summed E-state index contributed by atoms with van der Waals surface area (Å²) < 4.78 is 10.8. The third-order valence-electron chi connectivity index (χ3n) is 4.29. The first-order valence-electron chi connectivity index (χ1n) is 10.1. The lowest BCUT2D eigenvalue weighted by molar-refractivity contribution is 0.0263. The zero-order valence-corrected chi connectivity index (χ0v) is 17.2. The van der Waals surface area contributed by atoms with E-state index >= 15 is 0 Å². The summed E-state index contributed by atoms with van der Waals surface area (Å²) in [5.41, 5.74) is 0. The molecule has 7 nitrogen and oxygen atoms in total. The van der Waals surface area contributed by atoms with Crippen molar-refractivity contribution < 1.29 is 14.3 Å². The lowest BCUT2D eigenvalue weighted by atomic mass is 10.0. The number of nitrogens with one attached hydrogen (secondary N) is 2. The number of likely N-dealkylation sites (tertiary alicyclic amines) is 1. The third kappa shape index (κ3) is 8.74. The van der Waals surface area contributed by atoms with E-state index in [0.29, 0.717) is 25.2 Å². The summed E-state index contributed by atoms with van der Waals surface area (Å²) in [5.74, 6) is 1.39. The molecule has 1 heterocycles. The molecule has 0 spiro atoms. The number of ether oxygens (including phenoxy) is 2. The predicted octanol–water partition coefficient (Wildman–Crippen LogP) is 2.61. The molecule has 152 valence electrons. The molecule has 0 saturated carbocycles. The number of piperidine rings is 1. The van der Waals surface area contributed by atoms with E-state index in [-0.39, 0.29) is 12.1 Å². The van der Waals surface area contributed by atoms with Crippen LogP contribution in [0.3, 0.4) is 0 Å². The molecular formula is C19H38N4O3. The van der Waals surface area contributed by atoms with Gasteiger partial charge in [0.05, 0.1) is 25.3 Å². The number of alkyl carbamates (subject to hydrolysis) is 1. The van der Waals surface area contributed by atoms with Crippen molar-refractivity contribution in [3.63, 3.8) is 0 Å². The molecule has 0 radical (unpaired) electrons. The minimum Gasteiger partial charge on any atom is -0.450 e. The summed E-state index contributed by atoms with van der Waals surface area (Å²) in [4.78, 5) is 18.9. The standard InChI is InChI=1S/C19H38N4O3/c1-6-20-18(23-11-9-17(10-12-23)25-7-2)21-14-16(13-15(4)5)22-19(24)26-8-3/h15-17H,6-14H2,1-5H3,(H,20,21)(H,22,24). The number of hydrogen-bond donors (Lipinski definition) is 2. The predicted molar refractivity (Wildman–Crippen MR) is 106 cm³/mol. The highest BCUT2D eigenvalue weighted by molar-refractivity contribution is 5.80. The average molecular weight is 371 g/mol. The van der Waals surface area contributed by atoms with Crippen LogP contribution < -0.4 is 10.6 Å². The number of guanidine groups is 1. The Morgan fingerprint density at radius 3 is 2.42 bits per heavy atom. The summed E-state index contributed by atoms with van der Waals surface area (Å²) in [6.45, 7) is 14.6. The van der Waals surface area contributed by atoms with Gasteiger partial charge in [-0.15, -0.1) is 0 Å². The fourth-order valence-electron chi connectivity index (χ4n) is 3.18. The van der Waals surface area contributed by atoms with Crippen molar-refractivity contribution in [3.8, 4) is 0 Å². The van der Waals surface area contributed by atoms with Gasteiger partial charge in [-0.1, -0.05) is 13.8 Å². The number of amides is 1. The monoisotopic (exact) mass is 370 g/mol. The molecule has 0 bridgehead atoms. The molecule has 26 heavy (non-hydrogen) atoms. The van der Waals surface area contributed by atoms with Gasteiger partial charge in [0.1, 0.15) is 0 Å². The van der Waals surface area contributed by atoms with Gasteiger partial charge in [0, 0.05) is 26.2 Å². The van der Waals surface area contributed by atoms with Gasteiger partial charge in [-0.3, -0.25) is 4.99 Å². The molecule has 1 atom stereocenters. The van der Waals surface area contributed by atoms with Gasteiger partial charge >= 0.3 is 6.09 Å². The van der Waals surface area contributed by atoms with Crippen LogP contribution in [-0.4, -0.2) is 68.5 Å². The Kier molecular flexibility index (Phi) is 11.1. The van der Waals surface area contributed by atoms with Crippen LogP contribution in [0.15, 0.2) is 4.99 Å². The largest absolute Gasteiger partial charge is 0.450 e. The fourth-order valence-corrected chi connectivity index (χ4v) is 3.18. The maximum absolute atomic E-state index is 11.8. The zero-order chi connectivity index (χ0) is 19.4. The highest BCUT2D eigenvalue weighted by Gasteiger charge is 2.22. The lowest BCUT2D eigenvalue weighted by Crippen LogP contribution is -2.48. The van der Waals surface area contributed by atoms with Crippen LogP contribution >= 0.6 is 0 Å². The Morgan fingerprint density at radius 2 is 1.88 bits per heavy atom. The van der Waals surface area contributed by atoms with Gasteiger partial charge in [-0.2, -0.15) is 0 Å². The van der Waals surface area contributed by atoms with Gasteiger partial charge in [-0.05, 0) is 46.0 Å². The van der Waals surface area contributed by atoms with E-state index in [1.54, 1.807) is 0 Å². The number of carbonyl (C=O) groups excluding carboxylic acids is 1. The number of rotatable bonds is 9. The highest BCUT2D eigenvalue weighted by Crippen LogP contribution is 2.14. The van der Waals surface area contributed by atoms with Crippen LogP contribution in [0.2, 0.25) is 0 Å². The Hall–Kier alpha value is -1.50. The second kappa shape index (κ2) is 12.8. The van der Waals surface area contributed by atoms with Crippen LogP contribution in [0.1, 0.15) is 53.9 Å². The smallest absolute Gasteiger partial charge is 0.407 e. The Balaban J connectivity index is 2.67. The maximum Gasteiger partial charge on any atom is 0.407 e. The second-order valence-electron chi connectivity index (χ2n) is 7.03. The molecule has 0 aromatic rings. The van der Waals surface area contributed by atoms with Crippen molar-refractivity contribution in [3.05, 3.63) is 0 Å². The Morgan fingerprint density at radius 1 is 1.19 bits per heavy atom. The molecule has 1 fully saturated rings. The Bertz CT molecular complexity index is 421. The van der Waals surface area contributed by atoms with Crippen LogP contribution in [0, 0.1) is 5.92 Å². The van der Waals surface area contributed by atoms with Gasteiger partial charge in [-0.25, -0.2) is 4.79 Å². The van der Waals surface area contributed by atoms with Gasteiger partial charge in [0.2, 0.25) is 0 Å². The average Bonchev–Trinajstić information content (AvgIpc) is 2.59. The molecule has 7 heteroatoms. The molecule has 0 aromatic heterocycles. The molecule has 1 unspecified atom stereocenters. The van der Waals surface area contributed by atoms with Crippen molar-refractivity contribution in [2.24, 2.45) is 10.9 Å². The number of nitrogens with zero attached hydrogens (tertiary/aromatic N) is 2. The first-order valence-corrected chi connectivity index (χ1v) is 10.1. The summed E-state index contributed by atoms with van der Waals surface area (Å²) in [5, 5.41) is 6.32. The van der Waals surface area contributed by atoms with Crippen LogP contribution in [0.4, 0.5) is 4.79 Å². The Labute approximate surface area is 158 Å². The SMILES string of the molecule is CCNC(=NCC(CC(C)C)NC(=O)OCC)N1CCC(OCC)CC1. The van der Waals surface area contributed by atoms with Crippen molar-refractivity contribution in [2.45, 2.75) is 66.0 Å². The molecule has 2 N–H and O–H groups in total. The van der Waals surface area contributed by atoms with Crippen LogP contribution in [0.5, 0.6) is 0 Å². The normalized spacial score (nSPS) is 17.3. The summed E-state index contributed by atoms with van der Waals surface area (Å²) >= 11 is 0. The van der Waals surface area contributed by atoms with E-state index in [2.05, 4.69) is 36.3 Å². The first-order chi connectivity index (χ1) is 12.5. The van der Waals surface area contributed by atoms with Crippen molar-refractivity contribution in [1.29, 1.82) is 0 Å². The number of hydrogen-bond acceptors (Lipinski definition) is 4. The van der Waals surface area contributed by atoms with E-state index in [1.807, 2.05) is 13.8 Å². The molecule has 1 saturated heterocycles. The minimum absolute atomic E-state index is 0.0244. The van der Waals surface area contributed by atoms with Crippen molar-refractivity contribution in [2.75, 3.05) is 39.4 Å². The molecule has 0 aliphatic carbocycles. The van der Waals surface area contributed by atoms with Gasteiger partial charge < -0.3 is 25.0 Å². The quantitative estimate of drug-likeness (QED) is 0.482. The highest BCUT2D eigenvalue weighted by atomic mass is 16.5. The van der Waals surface area contributed by atoms with Gasteiger partial charge in [0.15, 0.2) is 5.96 Å². The maximum atomic E-state index is 11.8. The summed E-state index contributed by atoms with van der Waals surface area (Å²) in [7, 11) is 0. The van der Waals surface area contributed by atoms with Gasteiger partial charge in [0.25, 0.3) is 0 Å². The van der Waals surface area contributed by atoms with E-state index in [9.17, 15) is 4.79 Å². The molecule has 1 amide bonds. The van der Waals surface area contributed by atoms with E-state index in [0.717, 1.165) is 51.5 Å². The second-order valence-corrected chi connectivity index (χ2v) is 7.03. The molecular weight excluding hydrogens is 332 g/mol. The summed E-state index contributed by atoms with van der Waals surface area (Å²) in [6, 6.07) is -0.0244. The lowest BCUT2D eigenvalue weighted by Gasteiger charge is -2.34. The molecule has 1 aliphatic rings. The van der Waals surface area contributed by atoms with E-state index < -0.39 is 0 Å². The zero-order valence-electron chi connectivity index (χ0n) is 17.2. The van der Waals surface area contributed by atoms with Crippen molar-refractivity contribution >= 4 is 12.1 Å².